The smallest absolute Gasteiger partial charge is 0.284 e. The zero-order chi connectivity index (χ0) is 15.9. The van der Waals surface area contributed by atoms with Crippen molar-refractivity contribution in [1.82, 2.24) is 10.3 Å². The molecule has 1 amide bonds. The fourth-order valence-corrected chi connectivity index (χ4v) is 2.64. The molecule has 0 spiro atoms. The average molecular weight is 338 g/mol. The lowest BCUT2D eigenvalue weighted by atomic mass is 10.3. The Hall–Kier alpha value is -2.12. The van der Waals surface area contributed by atoms with E-state index >= 15 is 0 Å². The van der Waals surface area contributed by atoms with Crippen LogP contribution in [-0.4, -0.2) is 21.6 Å². The molecule has 1 heterocycles. The quantitative estimate of drug-likeness (QED) is 0.497. The molecule has 1 aromatic heterocycles. The molecule has 0 fully saturated rings. The highest BCUT2D eigenvalue weighted by atomic mass is 35.5. The molecule has 0 saturated heterocycles. The van der Waals surface area contributed by atoms with Crippen molar-refractivity contribution < 1.29 is 9.72 Å². The summed E-state index contributed by atoms with van der Waals surface area (Å²) in [5, 5.41) is 14.0. The summed E-state index contributed by atoms with van der Waals surface area (Å²) < 4.78 is 0. The highest BCUT2D eigenvalue weighted by Gasteiger charge is 2.15. The Morgan fingerprint density at radius 1 is 1.36 bits per heavy atom. The summed E-state index contributed by atoms with van der Waals surface area (Å²) in [5.41, 5.74) is 0.647. The molecule has 1 aromatic carbocycles. The monoisotopic (exact) mass is 337 g/mol. The number of amides is 1. The first kappa shape index (κ1) is 16.3. The van der Waals surface area contributed by atoms with Crippen molar-refractivity contribution >= 4 is 35.0 Å². The van der Waals surface area contributed by atoms with E-state index in [1.807, 2.05) is 6.07 Å². The van der Waals surface area contributed by atoms with E-state index in [1.54, 1.807) is 24.4 Å². The molecule has 1 N–H and O–H groups in total. The van der Waals surface area contributed by atoms with Crippen LogP contribution in [0.5, 0.6) is 0 Å². The molecule has 0 radical (unpaired) electrons. The predicted octanol–water partition coefficient (Wildman–Crippen LogP) is 3.05. The van der Waals surface area contributed by atoms with E-state index in [0.29, 0.717) is 11.4 Å². The van der Waals surface area contributed by atoms with E-state index in [4.69, 9.17) is 11.6 Å². The molecule has 0 atom stereocenters. The van der Waals surface area contributed by atoms with Crippen LogP contribution in [0.25, 0.3) is 0 Å². The number of benzene rings is 1. The second kappa shape index (κ2) is 7.77. The third kappa shape index (κ3) is 4.71. The number of nitro groups is 1. The van der Waals surface area contributed by atoms with E-state index in [1.165, 1.54) is 12.1 Å². The van der Waals surface area contributed by atoms with Gasteiger partial charge >= 0.3 is 0 Å². The molecule has 2 aromatic rings. The van der Waals surface area contributed by atoms with Gasteiger partial charge in [-0.25, -0.2) is 0 Å². The number of hydrogen-bond donors (Lipinski definition) is 1. The van der Waals surface area contributed by atoms with Crippen molar-refractivity contribution in [2.24, 2.45) is 0 Å². The van der Waals surface area contributed by atoms with Crippen LogP contribution < -0.4 is 5.32 Å². The fraction of sp³-hybridized carbons (Fsp3) is 0.143. The Morgan fingerprint density at radius 2 is 2.18 bits per heavy atom. The Labute approximate surface area is 136 Å². The van der Waals surface area contributed by atoms with Crippen LogP contribution in [0, 0.1) is 10.1 Å². The van der Waals surface area contributed by atoms with Gasteiger partial charge in [-0.3, -0.25) is 19.9 Å². The lowest BCUT2D eigenvalue weighted by Crippen LogP contribution is -2.24. The van der Waals surface area contributed by atoms with Crippen molar-refractivity contribution in [2.45, 2.75) is 11.4 Å². The number of nitrogens with zero attached hydrogens (tertiary/aromatic N) is 2. The summed E-state index contributed by atoms with van der Waals surface area (Å²) >= 11 is 6.84. The van der Waals surface area contributed by atoms with Crippen LogP contribution in [0.4, 0.5) is 5.69 Å². The third-order valence-corrected chi connectivity index (χ3v) is 3.97. The molecule has 0 aliphatic heterocycles. The topological polar surface area (TPSA) is 85.1 Å². The van der Waals surface area contributed by atoms with Gasteiger partial charge in [0.1, 0.15) is 0 Å². The number of rotatable bonds is 6. The number of aromatic nitrogens is 1. The lowest BCUT2D eigenvalue weighted by Gasteiger charge is -2.05. The van der Waals surface area contributed by atoms with Crippen molar-refractivity contribution in [3.63, 3.8) is 0 Å². The zero-order valence-corrected chi connectivity index (χ0v) is 12.9. The summed E-state index contributed by atoms with van der Waals surface area (Å²) in [6.45, 7) is 0.322. The number of nitrogens with one attached hydrogen (secondary N) is 1. The highest BCUT2D eigenvalue weighted by molar-refractivity contribution is 8.00. The van der Waals surface area contributed by atoms with Gasteiger partial charge in [0.2, 0.25) is 5.91 Å². The van der Waals surface area contributed by atoms with Gasteiger partial charge in [-0.2, -0.15) is 0 Å². The fourth-order valence-electron chi connectivity index (χ4n) is 1.64. The van der Waals surface area contributed by atoms with Crippen LogP contribution in [0.1, 0.15) is 5.69 Å². The maximum absolute atomic E-state index is 11.8. The van der Waals surface area contributed by atoms with Gasteiger partial charge in [0.25, 0.3) is 5.69 Å². The Balaban J connectivity index is 1.90. The standard InChI is InChI=1S/C14H12ClN3O3S/c15-10-4-5-13(12(7-10)18(20)21)22-9-14(19)17-8-11-3-1-2-6-16-11/h1-7H,8-9H2,(H,17,19). The molecule has 0 aliphatic carbocycles. The summed E-state index contributed by atoms with van der Waals surface area (Å²) in [6.07, 6.45) is 1.65. The summed E-state index contributed by atoms with van der Waals surface area (Å²) in [6, 6.07) is 9.80. The molecule has 0 bridgehead atoms. The van der Waals surface area contributed by atoms with Crippen LogP contribution in [0.3, 0.4) is 0 Å². The molecular weight excluding hydrogens is 326 g/mol. The number of hydrogen-bond acceptors (Lipinski definition) is 5. The Morgan fingerprint density at radius 3 is 2.86 bits per heavy atom. The zero-order valence-electron chi connectivity index (χ0n) is 11.4. The molecule has 0 saturated carbocycles. The predicted molar refractivity (Wildman–Crippen MR) is 84.9 cm³/mol. The van der Waals surface area contributed by atoms with Gasteiger partial charge in [-0.15, -0.1) is 11.8 Å². The Bertz CT molecular complexity index is 682. The molecule has 2 rings (SSSR count). The molecular formula is C14H12ClN3O3S. The molecule has 0 unspecified atom stereocenters. The largest absolute Gasteiger partial charge is 0.350 e. The van der Waals surface area contributed by atoms with Crippen LogP contribution in [-0.2, 0) is 11.3 Å². The van der Waals surface area contributed by atoms with E-state index in [2.05, 4.69) is 10.3 Å². The van der Waals surface area contributed by atoms with Gasteiger partial charge in [0.05, 0.1) is 27.8 Å². The number of carbonyl (C=O) groups excluding carboxylic acids is 1. The van der Waals surface area contributed by atoms with Crippen molar-refractivity contribution in [1.29, 1.82) is 0 Å². The minimum absolute atomic E-state index is 0.0787. The van der Waals surface area contributed by atoms with Crippen molar-refractivity contribution in [3.05, 3.63) is 63.4 Å². The summed E-state index contributed by atoms with van der Waals surface area (Å²) in [7, 11) is 0. The normalized spacial score (nSPS) is 10.2. The lowest BCUT2D eigenvalue weighted by molar-refractivity contribution is -0.387. The van der Waals surface area contributed by atoms with Gasteiger partial charge < -0.3 is 5.32 Å². The van der Waals surface area contributed by atoms with Crippen LogP contribution >= 0.6 is 23.4 Å². The Kier molecular flexibility index (Phi) is 5.74. The van der Waals surface area contributed by atoms with E-state index < -0.39 is 4.92 Å². The van der Waals surface area contributed by atoms with E-state index in [0.717, 1.165) is 17.5 Å². The van der Waals surface area contributed by atoms with Crippen molar-refractivity contribution in [2.75, 3.05) is 5.75 Å². The van der Waals surface area contributed by atoms with Gasteiger partial charge in [0, 0.05) is 17.3 Å². The second-order valence-electron chi connectivity index (χ2n) is 4.26. The van der Waals surface area contributed by atoms with Crippen molar-refractivity contribution in [3.8, 4) is 0 Å². The first-order valence-corrected chi connectivity index (χ1v) is 7.66. The number of thioether (sulfide) groups is 1. The number of pyridine rings is 1. The molecule has 0 aliphatic rings. The molecule has 114 valence electrons. The SMILES string of the molecule is O=C(CSc1ccc(Cl)cc1[N+](=O)[O-])NCc1ccccn1. The minimum atomic E-state index is -0.514. The maximum Gasteiger partial charge on any atom is 0.284 e. The number of nitro benzene ring substituents is 1. The van der Waals surface area contributed by atoms with Gasteiger partial charge in [0.15, 0.2) is 0 Å². The highest BCUT2D eigenvalue weighted by Crippen LogP contribution is 2.31. The second-order valence-corrected chi connectivity index (χ2v) is 5.71. The third-order valence-electron chi connectivity index (χ3n) is 2.67. The molecule has 22 heavy (non-hydrogen) atoms. The van der Waals surface area contributed by atoms with Gasteiger partial charge in [-0.1, -0.05) is 17.7 Å². The van der Waals surface area contributed by atoms with Gasteiger partial charge in [-0.05, 0) is 24.3 Å². The number of carbonyl (C=O) groups is 1. The maximum atomic E-state index is 11.8. The van der Waals surface area contributed by atoms with Crippen LogP contribution in [0.2, 0.25) is 5.02 Å². The first-order valence-electron chi connectivity index (χ1n) is 6.29. The molecule has 6 nitrogen and oxygen atoms in total. The van der Waals surface area contributed by atoms with E-state index in [9.17, 15) is 14.9 Å². The summed E-state index contributed by atoms with van der Waals surface area (Å²) in [5.74, 6) is -0.144. The first-order chi connectivity index (χ1) is 10.6. The number of halogens is 1. The average Bonchev–Trinajstić information content (AvgIpc) is 2.52. The van der Waals surface area contributed by atoms with Crippen LogP contribution in [0.15, 0.2) is 47.5 Å². The summed E-state index contributed by atoms with van der Waals surface area (Å²) in [4.78, 5) is 26.7. The molecule has 8 heteroatoms. The van der Waals surface area contributed by atoms with E-state index in [-0.39, 0.29) is 22.4 Å². The minimum Gasteiger partial charge on any atom is -0.350 e.